The van der Waals surface area contributed by atoms with Crippen LogP contribution in [0.5, 0.6) is 5.75 Å². The minimum atomic E-state index is -0.216. The Bertz CT molecular complexity index is 1220. The van der Waals surface area contributed by atoms with Crippen molar-refractivity contribution in [2.24, 2.45) is 0 Å². The lowest BCUT2D eigenvalue weighted by molar-refractivity contribution is -0.113. The van der Waals surface area contributed by atoms with Crippen LogP contribution in [0.3, 0.4) is 0 Å². The van der Waals surface area contributed by atoms with Crippen LogP contribution in [0.2, 0.25) is 0 Å². The summed E-state index contributed by atoms with van der Waals surface area (Å²) in [4.78, 5) is 18.3. The van der Waals surface area contributed by atoms with Gasteiger partial charge in [-0.3, -0.25) is 4.79 Å². The van der Waals surface area contributed by atoms with E-state index in [0.717, 1.165) is 36.6 Å². The number of ether oxygens (including phenoxy) is 1. The Hall–Kier alpha value is -3.07. The van der Waals surface area contributed by atoms with E-state index in [9.17, 15) is 15.3 Å². The van der Waals surface area contributed by atoms with E-state index in [1.54, 1.807) is 19.2 Å². The summed E-state index contributed by atoms with van der Waals surface area (Å²) in [6.07, 6.45) is 4.07. The number of methoxy groups -OCH3 is 1. The van der Waals surface area contributed by atoms with Crippen LogP contribution in [0.4, 0.5) is 5.00 Å². The summed E-state index contributed by atoms with van der Waals surface area (Å²) in [6.45, 7) is 0. The number of aromatic nitrogens is 1. The van der Waals surface area contributed by atoms with Crippen LogP contribution in [0.15, 0.2) is 29.3 Å². The maximum Gasteiger partial charge on any atom is 0.235 e. The van der Waals surface area contributed by atoms with E-state index in [1.807, 2.05) is 12.1 Å². The number of thioether (sulfide) groups is 1. The zero-order chi connectivity index (χ0) is 21.1. The van der Waals surface area contributed by atoms with Crippen LogP contribution in [-0.2, 0) is 17.6 Å². The van der Waals surface area contributed by atoms with Crippen molar-refractivity contribution in [2.45, 2.75) is 30.7 Å². The molecule has 150 valence electrons. The van der Waals surface area contributed by atoms with E-state index in [2.05, 4.69) is 22.4 Å². The van der Waals surface area contributed by atoms with Gasteiger partial charge in [0.05, 0.1) is 29.5 Å². The highest BCUT2D eigenvalue weighted by molar-refractivity contribution is 8.00. The number of nitrogens with zero attached hydrogens (tertiary/aromatic N) is 3. The fraction of sp³-hybridized carbons (Fsp3) is 0.273. The Balaban J connectivity index is 1.51. The fourth-order valence-corrected chi connectivity index (χ4v) is 5.53. The number of nitriles is 2. The van der Waals surface area contributed by atoms with E-state index in [4.69, 9.17) is 4.74 Å². The summed E-state index contributed by atoms with van der Waals surface area (Å²) in [5.41, 5.74) is 2.82. The highest BCUT2D eigenvalue weighted by atomic mass is 32.2. The van der Waals surface area contributed by atoms with E-state index in [-0.39, 0.29) is 11.7 Å². The predicted molar refractivity (Wildman–Crippen MR) is 118 cm³/mol. The first-order valence-corrected chi connectivity index (χ1v) is 11.3. The minimum absolute atomic E-state index is 0.102. The van der Waals surface area contributed by atoms with Gasteiger partial charge in [-0.1, -0.05) is 11.8 Å². The molecular weight excluding hydrogens is 416 g/mol. The van der Waals surface area contributed by atoms with Gasteiger partial charge in [0.25, 0.3) is 0 Å². The second kappa shape index (κ2) is 8.74. The van der Waals surface area contributed by atoms with Crippen molar-refractivity contribution in [3.05, 3.63) is 45.8 Å². The molecule has 0 radical (unpaired) electrons. The first-order valence-electron chi connectivity index (χ1n) is 9.49. The first kappa shape index (κ1) is 20.2. The molecule has 4 rings (SSSR count). The number of nitrogens with one attached hydrogen (secondary N) is 1. The number of carbonyl (C=O) groups is 1. The van der Waals surface area contributed by atoms with Gasteiger partial charge in [-0.25, -0.2) is 4.98 Å². The molecule has 0 atom stereocenters. The number of thiophene rings is 1. The number of anilines is 1. The SMILES string of the molecule is COc1ccc2cc(C#N)c(SCC(=O)Nc3sc4c(c3C#N)CCCC4)nc2c1. The zero-order valence-corrected chi connectivity index (χ0v) is 18.0. The number of hydrogen-bond acceptors (Lipinski definition) is 7. The molecule has 0 unspecified atom stereocenters. The molecule has 0 saturated heterocycles. The summed E-state index contributed by atoms with van der Waals surface area (Å²) in [5.74, 6) is 0.565. The van der Waals surface area contributed by atoms with E-state index in [0.29, 0.717) is 32.4 Å². The number of pyridine rings is 1. The minimum Gasteiger partial charge on any atom is -0.497 e. The van der Waals surface area contributed by atoms with Gasteiger partial charge >= 0.3 is 0 Å². The van der Waals surface area contributed by atoms with Crippen molar-refractivity contribution in [3.8, 4) is 17.9 Å². The normalized spacial score (nSPS) is 12.6. The number of rotatable bonds is 5. The third kappa shape index (κ3) is 3.97. The fourth-order valence-electron chi connectivity index (χ4n) is 3.52. The van der Waals surface area contributed by atoms with Gasteiger partial charge in [-0.2, -0.15) is 10.5 Å². The Morgan fingerprint density at radius 2 is 2.10 bits per heavy atom. The summed E-state index contributed by atoms with van der Waals surface area (Å²) in [7, 11) is 1.59. The Morgan fingerprint density at radius 1 is 1.27 bits per heavy atom. The van der Waals surface area contributed by atoms with Crippen molar-refractivity contribution in [1.29, 1.82) is 10.5 Å². The molecular formula is C22H18N4O2S2. The third-order valence-electron chi connectivity index (χ3n) is 4.99. The number of amides is 1. The molecule has 0 bridgehead atoms. The second-order valence-corrected chi connectivity index (χ2v) is 8.94. The van der Waals surface area contributed by atoms with Gasteiger partial charge in [0, 0.05) is 16.3 Å². The average Bonchev–Trinajstić information content (AvgIpc) is 3.13. The molecule has 1 aliphatic rings. The van der Waals surface area contributed by atoms with Crippen molar-refractivity contribution >= 4 is 44.9 Å². The summed E-state index contributed by atoms with van der Waals surface area (Å²) < 4.78 is 5.24. The van der Waals surface area contributed by atoms with Crippen molar-refractivity contribution in [1.82, 2.24) is 4.98 Å². The maximum absolute atomic E-state index is 12.6. The molecule has 0 aliphatic heterocycles. The Labute approximate surface area is 182 Å². The van der Waals surface area contributed by atoms with Crippen molar-refractivity contribution < 1.29 is 9.53 Å². The summed E-state index contributed by atoms with van der Waals surface area (Å²) in [5, 5.41) is 23.9. The number of benzene rings is 1. The first-order chi connectivity index (χ1) is 14.6. The number of carbonyl (C=O) groups excluding carboxylic acids is 1. The van der Waals surface area contributed by atoms with Crippen molar-refractivity contribution in [3.63, 3.8) is 0 Å². The smallest absolute Gasteiger partial charge is 0.235 e. The van der Waals surface area contributed by atoms with Gasteiger partial charge < -0.3 is 10.1 Å². The molecule has 6 nitrogen and oxygen atoms in total. The van der Waals surface area contributed by atoms with E-state index < -0.39 is 0 Å². The third-order valence-corrected chi connectivity index (χ3v) is 7.18. The summed E-state index contributed by atoms with van der Waals surface area (Å²) >= 11 is 2.72. The monoisotopic (exact) mass is 434 g/mol. The largest absolute Gasteiger partial charge is 0.497 e. The van der Waals surface area contributed by atoms with E-state index >= 15 is 0 Å². The molecule has 1 aromatic carbocycles. The molecule has 0 fully saturated rings. The van der Waals surface area contributed by atoms with Crippen LogP contribution in [0.1, 0.15) is 34.4 Å². The highest BCUT2D eigenvalue weighted by Gasteiger charge is 2.22. The molecule has 2 heterocycles. The number of aryl methyl sites for hydroxylation is 1. The van der Waals surface area contributed by atoms with Gasteiger partial charge in [0.15, 0.2) is 0 Å². The van der Waals surface area contributed by atoms with Crippen LogP contribution in [0, 0.1) is 22.7 Å². The highest BCUT2D eigenvalue weighted by Crippen LogP contribution is 2.37. The molecule has 1 amide bonds. The topological polar surface area (TPSA) is 98.8 Å². The molecule has 3 aromatic rings. The molecule has 1 aliphatic carbocycles. The zero-order valence-electron chi connectivity index (χ0n) is 16.3. The van der Waals surface area contributed by atoms with Crippen LogP contribution < -0.4 is 10.1 Å². The van der Waals surface area contributed by atoms with Crippen LogP contribution in [-0.4, -0.2) is 23.8 Å². The Kier molecular flexibility index (Phi) is 5.89. The molecule has 8 heteroatoms. The van der Waals surface area contributed by atoms with Crippen LogP contribution >= 0.6 is 23.1 Å². The standard InChI is InChI=1S/C22H18N4O2S2/c1-28-15-7-6-13-8-14(10-23)21(25-18(13)9-15)29-12-20(27)26-22-17(11-24)16-4-2-3-5-19(16)30-22/h6-9H,2-5,12H2,1H3,(H,26,27). The maximum atomic E-state index is 12.6. The summed E-state index contributed by atoms with van der Waals surface area (Å²) in [6, 6.07) is 11.6. The number of fused-ring (bicyclic) bond motifs is 2. The predicted octanol–water partition coefficient (Wildman–Crippen LogP) is 4.66. The van der Waals surface area contributed by atoms with Crippen molar-refractivity contribution in [2.75, 3.05) is 18.2 Å². The lowest BCUT2D eigenvalue weighted by Gasteiger charge is -2.09. The molecule has 2 aromatic heterocycles. The van der Waals surface area contributed by atoms with Gasteiger partial charge in [-0.15, -0.1) is 11.3 Å². The quantitative estimate of drug-likeness (QED) is 0.587. The average molecular weight is 435 g/mol. The van der Waals surface area contributed by atoms with Gasteiger partial charge in [-0.05, 0) is 49.4 Å². The van der Waals surface area contributed by atoms with Crippen LogP contribution in [0.25, 0.3) is 10.9 Å². The second-order valence-electron chi connectivity index (χ2n) is 6.88. The van der Waals surface area contributed by atoms with Gasteiger partial charge in [0.2, 0.25) is 5.91 Å². The molecule has 0 saturated carbocycles. The molecule has 1 N–H and O–H groups in total. The van der Waals surface area contributed by atoms with E-state index in [1.165, 1.54) is 28.0 Å². The lowest BCUT2D eigenvalue weighted by atomic mass is 9.96. The molecule has 30 heavy (non-hydrogen) atoms. The molecule has 0 spiro atoms. The Morgan fingerprint density at radius 3 is 2.87 bits per heavy atom. The van der Waals surface area contributed by atoms with Gasteiger partial charge in [0.1, 0.15) is 27.9 Å². The number of hydrogen-bond donors (Lipinski definition) is 1. The lowest BCUT2D eigenvalue weighted by Crippen LogP contribution is -2.14.